The smallest absolute Gasteiger partial charge is 0.0223 e. The van der Waals surface area contributed by atoms with E-state index < -0.39 is 0 Å². The van der Waals surface area contributed by atoms with Crippen LogP contribution >= 0.6 is 0 Å². The van der Waals surface area contributed by atoms with E-state index in [-0.39, 0.29) is 0 Å². The first kappa shape index (κ1) is 15.8. The molecule has 3 rings (SSSR count). The number of likely N-dealkylation sites (tertiary alicyclic amines) is 1. The van der Waals surface area contributed by atoms with Crippen molar-refractivity contribution >= 4 is 0 Å². The zero-order chi connectivity index (χ0) is 14.5. The second-order valence-electron chi connectivity index (χ2n) is 7.70. The van der Waals surface area contributed by atoms with Crippen LogP contribution in [0.2, 0.25) is 0 Å². The molecule has 2 saturated heterocycles. The van der Waals surface area contributed by atoms with Crippen LogP contribution in [0.3, 0.4) is 0 Å². The standard InChI is InChI=1S/C18H35N3/c1-20-12-6-5-10-17(20)14-21-13-7-11-19-18(15-21)16-8-3-2-4-9-16/h16-19H,2-15H2,1H3. The van der Waals surface area contributed by atoms with Crippen LogP contribution in [0.4, 0.5) is 0 Å². The van der Waals surface area contributed by atoms with Crippen molar-refractivity contribution in [3.8, 4) is 0 Å². The molecule has 1 saturated carbocycles. The number of rotatable bonds is 3. The molecule has 2 aliphatic heterocycles. The molecule has 2 heterocycles. The number of likely N-dealkylation sites (N-methyl/N-ethyl adjacent to an activating group) is 1. The third-order valence-electron chi connectivity index (χ3n) is 6.12. The highest BCUT2D eigenvalue weighted by Gasteiger charge is 2.29. The summed E-state index contributed by atoms with van der Waals surface area (Å²) in [6.07, 6.45) is 12.9. The fraction of sp³-hybridized carbons (Fsp3) is 1.00. The fourth-order valence-electron chi connectivity index (χ4n) is 4.72. The summed E-state index contributed by atoms with van der Waals surface area (Å²) in [5, 5.41) is 3.87. The molecule has 1 aliphatic carbocycles. The molecule has 0 aromatic heterocycles. The number of nitrogens with one attached hydrogen (secondary N) is 1. The zero-order valence-electron chi connectivity index (χ0n) is 14.0. The van der Waals surface area contributed by atoms with E-state index in [1.165, 1.54) is 90.5 Å². The number of hydrogen-bond acceptors (Lipinski definition) is 3. The molecule has 122 valence electrons. The van der Waals surface area contributed by atoms with Crippen LogP contribution in [-0.2, 0) is 0 Å². The first-order chi connectivity index (χ1) is 10.3. The van der Waals surface area contributed by atoms with Crippen molar-refractivity contribution < 1.29 is 0 Å². The van der Waals surface area contributed by atoms with Gasteiger partial charge in [0.1, 0.15) is 0 Å². The topological polar surface area (TPSA) is 18.5 Å². The van der Waals surface area contributed by atoms with Gasteiger partial charge in [0.2, 0.25) is 0 Å². The Bertz CT molecular complexity index is 301. The molecule has 3 nitrogen and oxygen atoms in total. The van der Waals surface area contributed by atoms with E-state index in [1.54, 1.807) is 0 Å². The predicted octanol–water partition coefficient (Wildman–Crippen LogP) is 2.71. The number of piperidine rings is 1. The van der Waals surface area contributed by atoms with Crippen molar-refractivity contribution in [2.45, 2.75) is 69.9 Å². The van der Waals surface area contributed by atoms with Gasteiger partial charge in [0.25, 0.3) is 0 Å². The van der Waals surface area contributed by atoms with Crippen LogP contribution in [0.1, 0.15) is 57.8 Å². The van der Waals surface area contributed by atoms with E-state index in [1.807, 2.05) is 0 Å². The van der Waals surface area contributed by atoms with Gasteiger partial charge in [0.05, 0.1) is 0 Å². The average Bonchev–Trinajstić information content (AvgIpc) is 2.76. The lowest BCUT2D eigenvalue weighted by atomic mass is 9.83. The van der Waals surface area contributed by atoms with E-state index in [0.717, 1.165) is 18.0 Å². The molecule has 1 N–H and O–H groups in total. The van der Waals surface area contributed by atoms with Gasteiger partial charge in [-0.1, -0.05) is 25.7 Å². The van der Waals surface area contributed by atoms with Crippen molar-refractivity contribution in [1.82, 2.24) is 15.1 Å². The maximum absolute atomic E-state index is 3.87. The second kappa shape index (κ2) is 7.94. The Morgan fingerprint density at radius 3 is 2.52 bits per heavy atom. The van der Waals surface area contributed by atoms with Crippen molar-refractivity contribution in [2.24, 2.45) is 5.92 Å². The van der Waals surface area contributed by atoms with Crippen LogP contribution in [-0.4, -0.2) is 61.7 Å². The maximum atomic E-state index is 3.87. The van der Waals surface area contributed by atoms with Gasteiger partial charge in [-0.05, 0) is 64.7 Å². The Kier molecular flexibility index (Phi) is 5.96. The molecule has 0 amide bonds. The Hall–Kier alpha value is -0.120. The Balaban J connectivity index is 1.54. The van der Waals surface area contributed by atoms with Crippen molar-refractivity contribution in [2.75, 3.05) is 39.8 Å². The van der Waals surface area contributed by atoms with Gasteiger partial charge in [-0.2, -0.15) is 0 Å². The quantitative estimate of drug-likeness (QED) is 0.863. The molecule has 21 heavy (non-hydrogen) atoms. The van der Waals surface area contributed by atoms with E-state index in [4.69, 9.17) is 0 Å². The van der Waals surface area contributed by atoms with E-state index in [0.29, 0.717) is 0 Å². The second-order valence-corrected chi connectivity index (χ2v) is 7.70. The molecular weight excluding hydrogens is 258 g/mol. The highest BCUT2D eigenvalue weighted by Crippen LogP contribution is 2.28. The fourth-order valence-corrected chi connectivity index (χ4v) is 4.72. The number of nitrogens with zero attached hydrogens (tertiary/aromatic N) is 2. The molecular formula is C18H35N3. The van der Waals surface area contributed by atoms with Crippen molar-refractivity contribution in [3.05, 3.63) is 0 Å². The van der Waals surface area contributed by atoms with Gasteiger partial charge in [-0.25, -0.2) is 0 Å². The molecule has 3 aliphatic rings. The first-order valence-electron chi connectivity index (χ1n) is 9.49. The Morgan fingerprint density at radius 1 is 0.905 bits per heavy atom. The molecule has 0 aromatic rings. The molecule has 3 fully saturated rings. The van der Waals surface area contributed by atoms with Crippen LogP contribution < -0.4 is 5.32 Å². The summed E-state index contributed by atoms with van der Waals surface area (Å²) in [7, 11) is 2.33. The van der Waals surface area contributed by atoms with Crippen LogP contribution in [0.15, 0.2) is 0 Å². The van der Waals surface area contributed by atoms with Gasteiger partial charge in [0, 0.05) is 25.2 Å². The number of hydrogen-bond donors (Lipinski definition) is 1. The lowest BCUT2D eigenvalue weighted by Gasteiger charge is -2.38. The van der Waals surface area contributed by atoms with E-state index in [2.05, 4.69) is 22.2 Å². The molecule has 2 unspecified atom stereocenters. The van der Waals surface area contributed by atoms with Gasteiger partial charge in [-0.15, -0.1) is 0 Å². The minimum Gasteiger partial charge on any atom is -0.312 e. The average molecular weight is 293 g/mol. The monoisotopic (exact) mass is 293 g/mol. The molecule has 0 aromatic carbocycles. The summed E-state index contributed by atoms with van der Waals surface area (Å²) in [5.74, 6) is 0.948. The third-order valence-corrected chi connectivity index (χ3v) is 6.12. The van der Waals surface area contributed by atoms with Crippen LogP contribution in [0.25, 0.3) is 0 Å². The van der Waals surface area contributed by atoms with E-state index >= 15 is 0 Å². The van der Waals surface area contributed by atoms with Gasteiger partial charge in [0.15, 0.2) is 0 Å². The minimum absolute atomic E-state index is 0.765. The third kappa shape index (κ3) is 4.43. The van der Waals surface area contributed by atoms with Gasteiger partial charge >= 0.3 is 0 Å². The lowest BCUT2D eigenvalue weighted by molar-refractivity contribution is 0.119. The summed E-state index contributed by atoms with van der Waals surface area (Å²) in [6.45, 7) is 6.46. The highest BCUT2D eigenvalue weighted by atomic mass is 15.2. The van der Waals surface area contributed by atoms with Gasteiger partial charge in [-0.3, -0.25) is 0 Å². The van der Waals surface area contributed by atoms with Crippen LogP contribution in [0.5, 0.6) is 0 Å². The summed E-state index contributed by atoms with van der Waals surface area (Å²) < 4.78 is 0. The van der Waals surface area contributed by atoms with Crippen molar-refractivity contribution in [3.63, 3.8) is 0 Å². The van der Waals surface area contributed by atoms with Gasteiger partial charge < -0.3 is 15.1 Å². The summed E-state index contributed by atoms with van der Waals surface area (Å²) in [6, 6.07) is 1.57. The Morgan fingerprint density at radius 2 is 1.71 bits per heavy atom. The predicted molar refractivity (Wildman–Crippen MR) is 89.7 cm³/mol. The first-order valence-corrected chi connectivity index (χ1v) is 9.49. The minimum atomic E-state index is 0.765. The molecule has 0 bridgehead atoms. The summed E-state index contributed by atoms with van der Waals surface area (Å²) in [4.78, 5) is 5.39. The zero-order valence-corrected chi connectivity index (χ0v) is 14.0. The maximum Gasteiger partial charge on any atom is 0.0223 e. The molecule has 0 radical (unpaired) electrons. The molecule has 0 spiro atoms. The summed E-state index contributed by atoms with van der Waals surface area (Å²) in [5.41, 5.74) is 0. The summed E-state index contributed by atoms with van der Waals surface area (Å²) >= 11 is 0. The molecule has 2 atom stereocenters. The lowest BCUT2D eigenvalue weighted by Crippen LogP contribution is -2.49. The van der Waals surface area contributed by atoms with Crippen LogP contribution in [0, 0.1) is 5.92 Å². The molecule has 3 heteroatoms. The van der Waals surface area contributed by atoms with E-state index in [9.17, 15) is 0 Å². The van der Waals surface area contributed by atoms with Crippen molar-refractivity contribution in [1.29, 1.82) is 0 Å². The normalized spacial score (nSPS) is 34.7. The Labute approximate surface area is 131 Å². The highest BCUT2D eigenvalue weighted by molar-refractivity contribution is 4.86. The SMILES string of the molecule is CN1CCCCC1CN1CCCNC(C2CCCCC2)C1. The largest absolute Gasteiger partial charge is 0.312 e.